The molecule has 1 aromatic heterocycles. The number of hydrogen-bond donors (Lipinski definition) is 1. The number of carbonyl (C=O) groups is 2. The molecule has 1 aromatic carbocycles. The average Bonchev–Trinajstić information content (AvgIpc) is 3.37. The first-order chi connectivity index (χ1) is 15.0. The van der Waals surface area contributed by atoms with E-state index >= 15 is 0 Å². The Balaban J connectivity index is 1.23. The highest BCUT2D eigenvalue weighted by Gasteiger charge is 2.49. The van der Waals surface area contributed by atoms with Crippen LogP contribution in [0.15, 0.2) is 35.7 Å². The summed E-state index contributed by atoms with van der Waals surface area (Å²) in [7, 11) is 0. The molecule has 3 aliphatic heterocycles. The van der Waals surface area contributed by atoms with Crippen LogP contribution in [0.4, 0.5) is 4.79 Å². The predicted molar refractivity (Wildman–Crippen MR) is 116 cm³/mol. The molecule has 3 amide bonds. The Hall–Kier alpha value is -2.62. The van der Waals surface area contributed by atoms with Gasteiger partial charge in [0.25, 0.3) is 5.91 Å². The summed E-state index contributed by atoms with van der Waals surface area (Å²) in [5.41, 5.74) is -0.424. The summed E-state index contributed by atoms with van der Waals surface area (Å²) in [5.74, 6) is 1.02. The molecule has 0 aliphatic carbocycles. The van der Waals surface area contributed by atoms with Crippen LogP contribution in [0.3, 0.4) is 0 Å². The quantitative estimate of drug-likeness (QED) is 0.715. The van der Waals surface area contributed by atoms with Gasteiger partial charge in [0.15, 0.2) is 11.5 Å². The summed E-state index contributed by atoms with van der Waals surface area (Å²) in [4.78, 5) is 33.3. The van der Waals surface area contributed by atoms with E-state index in [1.165, 1.54) is 9.78 Å². The Bertz CT molecular complexity index is 974. The molecule has 31 heavy (non-hydrogen) atoms. The first-order valence-corrected chi connectivity index (χ1v) is 11.4. The van der Waals surface area contributed by atoms with Crippen molar-refractivity contribution in [1.29, 1.82) is 0 Å². The number of fused-ring (bicyclic) bond motifs is 1. The van der Waals surface area contributed by atoms with Crippen molar-refractivity contribution in [2.75, 3.05) is 46.1 Å². The van der Waals surface area contributed by atoms with Crippen LogP contribution in [0.2, 0.25) is 0 Å². The molecule has 0 spiro atoms. The van der Waals surface area contributed by atoms with Crippen molar-refractivity contribution >= 4 is 23.3 Å². The fourth-order valence-electron chi connectivity index (χ4n) is 4.29. The molecule has 0 radical (unpaired) electrons. The summed E-state index contributed by atoms with van der Waals surface area (Å²) >= 11 is 1.77. The van der Waals surface area contributed by atoms with E-state index in [2.05, 4.69) is 32.6 Å². The average molecular weight is 443 g/mol. The molecular weight excluding hydrogens is 416 g/mol. The summed E-state index contributed by atoms with van der Waals surface area (Å²) in [6.07, 6.45) is 0. The maximum Gasteiger partial charge on any atom is 0.326 e. The largest absolute Gasteiger partial charge is 0.486 e. The highest BCUT2D eigenvalue weighted by Crippen LogP contribution is 2.36. The van der Waals surface area contributed by atoms with Crippen LogP contribution in [0, 0.1) is 0 Å². The van der Waals surface area contributed by atoms with Crippen molar-refractivity contribution in [2.24, 2.45) is 0 Å². The number of amides is 3. The van der Waals surface area contributed by atoms with Gasteiger partial charge in [-0.1, -0.05) is 12.1 Å². The van der Waals surface area contributed by atoms with Crippen molar-refractivity contribution in [1.82, 2.24) is 20.0 Å². The zero-order valence-corrected chi connectivity index (χ0v) is 18.3. The highest BCUT2D eigenvalue weighted by atomic mass is 32.1. The van der Waals surface area contributed by atoms with Crippen LogP contribution in [0.5, 0.6) is 11.5 Å². The second-order valence-corrected chi connectivity index (χ2v) is 9.29. The number of imide groups is 1. The number of urea groups is 1. The van der Waals surface area contributed by atoms with Crippen molar-refractivity contribution in [3.63, 3.8) is 0 Å². The Labute approximate surface area is 185 Å². The molecule has 1 N–H and O–H groups in total. The molecule has 5 rings (SSSR count). The molecule has 0 saturated carbocycles. The summed E-state index contributed by atoms with van der Waals surface area (Å²) in [5, 5.41) is 4.99. The number of ether oxygens (including phenoxy) is 2. The third kappa shape index (κ3) is 3.88. The highest BCUT2D eigenvalue weighted by molar-refractivity contribution is 7.09. The SMILES string of the molecule is C[C@@]1(c2ccc3c(c2)OCCO3)NC(=O)N(CN2CCN(Cc3cccs3)CC2)C1=O. The number of benzene rings is 1. The fraction of sp³-hybridized carbons (Fsp3) is 0.455. The lowest BCUT2D eigenvalue weighted by atomic mass is 9.91. The third-order valence-electron chi connectivity index (χ3n) is 6.16. The van der Waals surface area contributed by atoms with Gasteiger partial charge in [-0.25, -0.2) is 9.69 Å². The van der Waals surface area contributed by atoms with Gasteiger partial charge in [0, 0.05) is 37.6 Å². The van der Waals surface area contributed by atoms with E-state index in [0.29, 0.717) is 36.9 Å². The summed E-state index contributed by atoms with van der Waals surface area (Å²) in [6.45, 7) is 7.46. The predicted octanol–water partition coefficient (Wildman–Crippen LogP) is 2.06. The van der Waals surface area contributed by atoms with E-state index < -0.39 is 5.54 Å². The monoisotopic (exact) mass is 442 g/mol. The minimum Gasteiger partial charge on any atom is -0.486 e. The Morgan fingerprint density at radius 3 is 2.52 bits per heavy atom. The second-order valence-electron chi connectivity index (χ2n) is 8.26. The van der Waals surface area contributed by atoms with Crippen LogP contribution in [-0.4, -0.2) is 72.7 Å². The summed E-state index contributed by atoms with van der Waals surface area (Å²) < 4.78 is 11.2. The molecule has 0 unspecified atom stereocenters. The topological polar surface area (TPSA) is 74.4 Å². The molecule has 2 saturated heterocycles. The lowest BCUT2D eigenvalue weighted by Crippen LogP contribution is -2.51. The van der Waals surface area contributed by atoms with Crippen LogP contribution >= 0.6 is 11.3 Å². The van der Waals surface area contributed by atoms with Gasteiger partial charge in [0.2, 0.25) is 0 Å². The number of carbonyl (C=O) groups excluding carboxylic acids is 2. The van der Waals surface area contributed by atoms with E-state index in [4.69, 9.17) is 9.47 Å². The van der Waals surface area contributed by atoms with Crippen LogP contribution < -0.4 is 14.8 Å². The zero-order chi connectivity index (χ0) is 21.4. The van der Waals surface area contributed by atoms with Crippen LogP contribution in [-0.2, 0) is 16.9 Å². The molecule has 4 heterocycles. The third-order valence-corrected chi connectivity index (χ3v) is 7.02. The summed E-state index contributed by atoms with van der Waals surface area (Å²) in [6, 6.07) is 9.28. The zero-order valence-electron chi connectivity index (χ0n) is 17.5. The number of piperazine rings is 1. The molecule has 164 valence electrons. The molecule has 2 fully saturated rings. The Morgan fingerprint density at radius 1 is 1.03 bits per heavy atom. The second kappa shape index (κ2) is 8.14. The van der Waals surface area contributed by atoms with Gasteiger partial charge in [-0.05, 0) is 36.1 Å². The Morgan fingerprint density at radius 2 is 1.77 bits per heavy atom. The molecule has 1 atom stereocenters. The van der Waals surface area contributed by atoms with Gasteiger partial charge in [-0.3, -0.25) is 14.6 Å². The lowest BCUT2D eigenvalue weighted by Gasteiger charge is -2.35. The van der Waals surface area contributed by atoms with Gasteiger partial charge in [-0.15, -0.1) is 11.3 Å². The van der Waals surface area contributed by atoms with E-state index in [1.807, 2.05) is 6.07 Å². The van der Waals surface area contributed by atoms with Crippen LogP contribution in [0.1, 0.15) is 17.4 Å². The van der Waals surface area contributed by atoms with Gasteiger partial charge >= 0.3 is 6.03 Å². The van der Waals surface area contributed by atoms with Crippen molar-refractivity contribution in [3.8, 4) is 11.5 Å². The maximum atomic E-state index is 13.3. The standard InChI is InChI=1S/C22H26N4O4S/c1-22(16-4-5-18-19(13-16)30-11-10-29-18)20(27)26(21(28)23-22)15-25-8-6-24(7-9-25)14-17-3-2-12-31-17/h2-5,12-13H,6-11,14-15H2,1H3,(H,23,28)/t22-/m0/s1. The molecule has 0 bridgehead atoms. The van der Waals surface area contributed by atoms with Crippen molar-refractivity contribution in [2.45, 2.75) is 19.0 Å². The van der Waals surface area contributed by atoms with Gasteiger partial charge in [0.1, 0.15) is 18.8 Å². The van der Waals surface area contributed by atoms with Crippen molar-refractivity contribution in [3.05, 3.63) is 46.2 Å². The van der Waals surface area contributed by atoms with E-state index in [0.717, 1.165) is 32.7 Å². The fourth-order valence-corrected chi connectivity index (χ4v) is 5.03. The maximum absolute atomic E-state index is 13.3. The van der Waals surface area contributed by atoms with E-state index in [9.17, 15) is 9.59 Å². The molecule has 8 nitrogen and oxygen atoms in total. The number of thiophene rings is 1. The lowest BCUT2D eigenvalue weighted by molar-refractivity contribution is -0.132. The molecule has 2 aromatic rings. The van der Waals surface area contributed by atoms with E-state index in [1.54, 1.807) is 30.4 Å². The minimum absolute atomic E-state index is 0.241. The normalized spacial score (nSPS) is 24.5. The van der Waals surface area contributed by atoms with E-state index in [-0.39, 0.29) is 11.9 Å². The van der Waals surface area contributed by atoms with Crippen LogP contribution in [0.25, 0.3) is 0 Å². The molecule has 3 aliphatic rings. The number of hydrogen-bond acceptors (Lipinski definition) is 7. The van der Waals surface area contributed by atoms with Gasteiger partial charge in [0.05, 0.1) is 6.67 Å². The molecule has 9 heteroatoms. The number of nitrogens with zero attached hydrogens (tertiary/aromatic N) is 3. The smallest absolute Gasteiger partial charge is 0.326 e. The van der Waals surface area contributed by atoms with Gasteiger partial charge < -0.3 is 14.8 Å². The number of rotatable bonds is 5. The molecular formula is C22H26N4O4S. The van der Waals surface area contributed by atoms with Gasteiger partial charge in [-0.2, -0.15) is 0 Å². The first kappa shape index (κ1) is 20.3. The van der Waals surface area contributed by atoms with Crippen molar-refractivity contribution < 1.29 is 19.1 Å². The minimum atomic E-state index is -1.12. The first-order valence-electron chi connectivity index (χ1n) is 10.5. The Kier molecular flexibility index (Phi) is 5.33. The number of nitrogens with one attached hydrogen (secondary N) is 1.